The SMILES string of the molecule is O=P(O)(O)c1ccc(-c2ccc([C@@H]3[C@H](CCC(O)c4ccc(F)cc4)CC(=S)N3c3ccccc3)c(O)c2)cc1. The van der Waals surface area contributed by atoms with E-state index < -0.39 is 13.7 Å². The molecule has 1 aliphatic heterocycles. The first-order valence-electron chi connectivity index (χ1n) is 12.9. The van der Waals surface area contributed by atoms with E-state index in [-0.39, 0.29) is 28.8 Å². The number of rotatable bonds is 8. The van der Waals surface area contributed by atoms with E-state index in [1.165, 1.54) is 24.3 Å². The van der Waals surface area contributed by atoms with E-state index in [1.807, 2.05) is 42.5 Å². The highest BCUT2D eigenvalue weighted by atomic mass is 32.1. The van der Waals surface area contributed by atoms with Crippen molar-refractivity contribution in [1.29, 1.82) is 0 Å². The topological polar surface area (TPSA) is 101 Å². The standard InChI is InChI=1S/C31H29FNO5PS/c32-24-12-6-21(7-13-24)28(34)17-11-23-19-30(40)33(25-4-2-1-3-5-25)31(23)27-16-10-22(18-29(27)35)20-8-14-26(15-9-20)39(36,37)38/h1-10,12-16,18,23,28,31,34-35H,11,17,19H2,(H2,36,37,38)/t23-,28?,31+/m1/s1. The molecule has 0 bridgehead atoms. The molecular weight excluding hydrogens is 548 g/mol. The van der Waals surface area contributed by atoms with E-state index in [9.17, 15) is 29.0 Å². The highest BCUT2D eigenvalue weighted by Crippen LogP contribution is 2.47. The highest BCUT2D eigenvalue weighted by molar-refractivity contribution is 7.80. The smallest absolute Gasteiger partial charge is 0.356 e. The summed E-state index contributed by atoms with van der Waals surface area (Å²) in [6, 6.07) is 26.7. The van der Waals surface area contributed by atoms with Gasteiger partial charge in [0, 0.05) is 17.7 Å². The molecule has 4 aromatic rings. The Morgan fingerprint density at radius 3 is 2.20 bits per heavy atom. The van der Waals surface area contributed by atoms with Crippen LogP contribution in [-0.4, -0.2) is 25.0 Å². The second-order valence-electron chi connectivity index (χ2n) is 10.0. The summed E-state index contributed by atoms with van der Waals surface area (Å²) in [4.78, 5) is 21.6. The molecule has 0 aromatic heterocycles. The van der Waals surface area contributed by atoms with Gasteiger partial charge in [-0.15, -0.1) is 0 Å². The van der Waals surface area contributed by atoms with Gasteiger partial charge >= 0.3 is 7.60 Å². The van der Waals surface area contributed by atoms with Crippen LogP contribution in [0.25, 0.3) is 11.1 Å². The van der Waals surface area contributed by atoms with Gasteiger partial charge in [0.25, 0.3) is 0 Å². The number of aliphatic hydroxyl groups is 1. The third kappa shape index (κ3) is 6.02. The summed E-state index contributed by atoms with van der Waals surface area (Å²) >= 11 is 5.83. The van der Waals surface area contributed by atoms with Crippen molar-refractivity contribution in [2.75, 3.05) is 4.90 Å². The Kier molecular flexibility index (Phi) is 8.17. The van der Waals surface area contributed by atoms with E-state index in [2.05, 4.69) is 4.90 Å². The average molecular weight is 578 g/mol. The van der Waals surface area contributed by atoms with E-state index in [1.54, 1.807) is 30.3 Å². The maximum absolute atomic E-state index is 13.4. The number of aromatic hydroxyl groups is 1. The number of hydrogen-bond donors (Lipinski definition) is 4. The minimum atomic E-state index is -4.35. The normalized spacial score (nSPS) is 18.2. The summed E-state index contributed by atoms with van der Waals surface area (Å²) in [5.41, 5.74) is 3.67. The lowest BCUT2D eigenvalue weighted by Gasteiger charge is -2.31. The van der Waals surface area contributed by atoms with Gasteiger partial charge in [0.15, 0.2) is 0 Å². The van der Waals surface area contributed by atoms with Crippen LogP contribution in [0.15, 0.2) is 97.1 Å². The van der Waals surface area contributed by atoms with Gasteiger partial charge in [-0.2, -0.15) is 0 Å². The molecule has 206 valence electrons. The quantitative estimate of drug-likeness (QED) is 0.142. The van der Waals surface area contributed by atoms with Crippen LogP contribution < -0.4 is 10.2 Å². The van der Waals surface area contributed by atoms with Gasteiger partial charge in [0.05, 0.1) is 22.4 Å². The van der Waals surface area contributed by atoms with Gasteiger partial charge in [-0.1, -0.05) is 66.8 Å². The van der Waals surface area contributed by atoms with Gasteiger partial charge in [-0.3, -0.25) is 4.57 Å². The van der Waals surface area contributed by atoms with Crippen LogP contribution in [-0.2, 0) is 4.57 Å². The predicted molar refractivity (Wildman–Crippen MR) is 158 cm³/mol. The van der Waals surface area contributed by atoms with Crippen molar-refractivity contribution in [2.24, 2.45) is 5.92 Å². The van der Waals surface area contributed by atoms with Gasteiger partial charge in [-0.05, 0) is 77.9 Å². The summed E-state index contributed by atoms with van der Waals surface area (Å²) in [7, 11) is -4.35. The minimum absolute atomic E-state index is 0.00194. The molecule has 0 spiro atoms. The van der Waals surface area contributed by atoms with E-state index >= 15 is 0 Å². The first-order valence-corrected chi connectivity index (χ1v) is 14.9. The van der Waals surface area contributed by atoms with Gasteiger partial charge < -0.3 is 24.9 Å². The monoisotopic (exact) mass is 577 g/mol. The van der Waals surface area contributed by atoms with Crippen molar-refractivity contribution >= 4 is 35.8 Å². The Morgan fingerprint density at radius 2 is 1.57 bits per heavy atom. The molecule has 6 nitrogen and oxygen atoms in total. The van der Waals surface area contributed by atoms with Gasteiger partial charge in [0.1, 0.15) is 11.6 Å². The van der Waals surface area contributed by atoms with Crippen LogP contribution in [0.4, 0.5) is 10.1 Å². The maximum Gasteiger partial charge on any atom is 0.356 e. The second kappa shape index (κ2) is 11.6. The molecule has 4 aromatic carbocycles. The first kappa shape index (κ1) is 28.1. The molecular formula is C31H29FNO5PS. The lowest BCUT2D eigenvalue weighted by Crippen LogP contribution is -2.28. The zero-order chi connectivity index (χ0) is 28.4. The second-order valence-corrected chi connectivity index (χ2v) is 12.1. The van der Waals surface area contributed by atoms with Gasteiger partial charge in [-0.25, -0.2) is 4.39 Å². The zero-order valence-corrected chi connectivity index (χ0v) is 23.2. The molecule has 1 heterocycles. The summed E-state index contributed by atoms with van der Waals surface area (Å²) in [6.07, 6.45) is 0.920. The van der Waals surface area contributed by atoms with Gasteiger partial charge in [0.2, 0.25) is 0 Å². The lowest BCUT2D eigenvalue weighted by atomic mass is 9.87. The Morgan fingerprint density at radius 1 is 0.925 bits per heavy atom. The molecule has 5 rings (SSSR count). The lowest BCUT2D eigenvalue weighted by molar-refractivity contribution is 0.155. The molecule has 1 unspecified atom stereocenters. The number of thiocarbonyl (C=S) groups is 1. The van der Waals surface area contributed by atoms with Crippen molar-refractivity contribution in [3.63, 3.8) is 0 Å². The van der Waals surface area contributed by atoms with Crippen LogP contribution in [0.5, 0.6) is 5.75 Å². The van der Waals surface area contributed by atoms with Crippen molar-refractivity contribution in [3.8, 4) is 16.9 Å². The molecule has 1 saturated heterocycles. The van der Waals surface area contributed by atoms with Crippen LogP contribution in [0.2, 0.25) is 0 Å². The van der Waals surface area contributed by atoms with E-state index in [0.29, 0.717) is 41.5 Å². The Bertz CT molecular complexity index is 1540. The molecule has 0 amide bonds. The van der Waals surface area contributed by atoms with Crippen molar-refractivity contribution in [3.05, 3.63) is 114 Å². The zero-order valence-electron chi connectivity index (χ0n) is 21.5. The molecule has 0 radical (unpaired) electrons. The van der Waals surface area contributed by atoms with Crippen LogP contribution in [0.3, 0.4) is 0 Å². The van der Waals surface area contributed by atoms with E-state index in [0.717, 1.165) is 10.7 Å². The Hall–Kier alpha value is -3.39. The number of halogens is 1. The van der Waals surface area contributed by atoms with Crippen LogP contribution in [0, 0.1) is 11.7 Å². The van der Waals surface area contributed by atoms with Crippen molar-refractivity contribution in [2.45, 2.75) is 31.4 Å². The first-order chi connectivity index (χ1) is 19.1. The highest BCUT2D eigenvalue weighted by Gasteiger charge is 2.40. The van der Waals surface area contributed by atoms with Crippen molar-refractivity contribution < 1.29 is 29.0 Å². The number of para-hydroxylation sites is 1. The molecule has 0 aliphatic carbocycles. The summed E-state index contributed by atoms with van der Waals surface area (Å²) in [6.45, 7) is 0. The molecule has 1 aliphatic rings. The largest absolute Gasteiger partial charge is 0.508 e. The third-order valence-corrected chi connectivity index (χ3v) is 8.75. The molecule has 1 fully saturated rings. The molecule has 9 heteroatoms. The molecule has 0 saturated carbocycles. The fourth-order valence-electron chi connectivity index (χ4n) is 5.39. The number of nitrogens with zero attached hydrogens (tertiary/aromatic N) is 1. The summed E-state index contributed by atoms with van der Waals surface area (Å²) in [5.74, 6) is -0.273. The maximum atomic E-state index is 13.4. The third-order valence-electron chi connectivity index (χ3n) is 7.42. The Balaban J connectivity index is 1.45. The number of benzene rings is 4. The summed E-state index contributed by atoms with van der Waals surface area (Å²) < 4.78 is 24.9. The molecule has 3 atom stereocenters. The number of anilines is 1. The number of phenolic OH excluding ortho intramolecular Hbond substituents is 1. The Labute approximate surface area is 237 Å². The minimum Gasteiger partial charge on any atom is -0.508 e. The van der Waals surface area contributed by atoms with Crippen LogP contribution in [0.1, 0.15) is 42.5 Å². The number of aliphatic hydroxyl groups excluding tert-OH is 1. The van der Waals surface area contributed by atoms with Crippen molar-refractivity contribution in [1.82, 2.24) is 0 Å². The predicted octanol–water partition coefficient (Wildman–Crippen LogP) is 6.41. The van der Waals surface area contributed by atoms with E-state index in [4.69, 9.17) is 12.2 Å². The number of phenols is 1. The fraction of sp³-hybridized carbons (Fsp3) is 0.194. The summed E-state index contributed by atoms with van der Waals surface area (Å²) in [5, 5.41) is 22.0. The van der Waals surface area contributed by atoms with Crippen LogP contribution >= 0.6 is 19.8 Å². The molecule has 4 N–H and O–H groups in total. The number of hydrogen-bond acceptors (Lipinski definition) is 4. The fourth-order valence-corrected chi connectivity index (χ4v) is 6.36. The average Bonchev–Trinajstić information content (AvgIpc) is 3.27. The molecule has 40 heavy (non-hydrogen) atoms.